The summed E-state index contributed by atoms with van der Waals surface area (Å²) in [5, 5.41) is 16.1. The van der Waals surface area contributed by atoms with Crippen LogP contribution in [0.1, 0.15) is 30.9 Å². The molecule has 0 amide bonds. The van der Waals surface area contributed by atoms with Crippen molar-refractivity contribution in [1.82, 2.24) is 15.6 Å². The van der Waals surface area contributed by atoms with Crippen LogP contribution in [0.15, 0.2) is 53.7 Å². The van der Waals surface area contributed by atoms with Gasteiger partial charge in [0.2, 0.25) is 5.88 Å². The lowest BCUT2D eigenvalue weighted by Gasteiger charge is -2.27. The Morgan fingerprint density at radius 1 is 1.23 bits per heavy atom. The number of aliphatic hydroxyl groups is 1. The quantitative estimate of drug-likeness (QED) is 0.411. The Kier molecular flexibility index (Phi) is 8.47. The number of rotatable bonds is 10. The standard InChI is InChI=1S/C23H32N4O3/c1-2-24-22(27-17-23(10-13-28)11-14-29-18-23)26-15-20-9-6-12-25-21(20)30-16-19-7-4-3-5-8-19/h3-9,12,28H,2,10-11,13-18H2,1H3,(H2,24,26,27). The normalized spacial score (nSPS) is 18.9. The van der Waals surface area contributed by atoms with Gasteiger partial charge in [-0.05, 0) is 31.4 Å². The summed E-state index contributed by atoms with van der Waals surface area (Å²) in [7, 11) is 0. The minimum absolute atomic E-state index is 0.0385. The van der Waals surface area contributed by atoms with Gasteiger partial charge in [0.25, 0.3) is 0 Å². The monoisotopic (exact) mass is 412 g/mol. The Balaban J connectivity index is 1.62. The molecular weight excluding hydrogens is 380 g/mol. The molecular formula is C23H32N4O3. The Morgan fingerprint density at radius 2 is 2.10 bits per heavy atom. The molecule has 1 fully saturated rings. The molecule has 0 bridgehead atoms. The summed E-state index contributed by atoms with van der Waals surface area (Å²) in [6.45, 7) is 6.01. The van der Waals surface area contributed by atoms with Crippen molar-refractivity contribution >= 4 is 5.96 Å². The molecule has 0 radical (unpaired) electrons. The fourth-order valence-corrected chi connectivity index (χ4v) is 3.49. The minimum Gasteiger partial charge on any atom is -0.473 e. The molecule has 1 saturated heterocycles. The predicted octanol–water partition coefficient (Wildman–Crippen LogP) is 2.50. The Bertz CT molecular complexity index is 792. The summed E-state index contributed by atoms with van der Waals surface area (Å²) in [6.07, 6.45) is 3.40. The topological polar surface area (TPSA) is 88.0 Å². The first-order valence-electron chi connectivity index (χ1n) is 10.6. The average Bonchev–Trinajstić information content (AvgIpc) is 3.24. The number of aliphatic hydroxyl groups excluding tert-OH is 1. The van der Waals surface area contributed by atoms with Crippen molar-refractivity contribution in [2.75, 3.05) is 32.9 Å². The molecule has 30 heavy (non-hydrogen) atoms. The first-order chi connectivity index (χ1) is 14.7. The molecule has 3 rings (SSSR count). The van der Waals surface area contributed by atoms with E-state index in [4.69, 9.17) is 14.5 Å². The number of hydrogen-bond acceptors (Lipinski definition) is 5. The van der Waals surface area contributed by atoms with Crippen LogP contribution in [0.2, 0.25) is 0 Å². The van der Waals surface area contributed by atoms with Crippen LogP contribution in [0.5, 0.6) is 5.88 Å². The summed E-state index contributed by atoms with van der Waals surface area (Å²) < 4.78 is 11.5. The van der Waals surface area contributed by atoms with E-state index in [9.17, 15) is 5.11 Å². The average molecular weight is 413 g/mol. The van der Waals surface area contributed by atoms with Gasteiger partial charge in [0.05, 0.1) is 13.2 Å². The number of guanidine groups is 1. The highest BCUT2D eigenvalue weighted by molar-refractivity contribution is 5.79. The zero-order valence-electron chi connectivity index (χ0n) is 17.6. The predicted molar refractivity (Wildman–Crippen MR) is 117 cm³/mol. The number of benzene rings is 1. The molecule has 2 heterocycles. The maximum atomic E-state index is 9.43. The van der Waals surface area contributed by atoms with Crippen molar-refractivity contribution in [3.63, 3.8) is 0 Å². The van der Waals surface area contributed by atoms with Crippen LogP contribution >= 0.6 is 0 Å². The van der Waals surface area contributed by atoms with E-state index in [1.807, 2.05) is 49.4 Å². The Labute approximate surface area is 178 Å². The number of hydrogen-bond donors (Lipinski definition) is 3. The number of nitrogens with zero attached hydrogens (tertiary/aromatic N) is 2. The summed E-state index contributed by atoms with van der Waals surface area (Å²) in [5.74, 6) is 1.33. The van der Waals surface area contributed by atoms with E-state index in [-0.39, 0.29) is 12.0 Å². The molecule has 1 aromatic heterocycles. The van der Waals surface area contributed by atoms with Crippen LogP contribution in [0.4, 0.5) is 0 Å². The lowest BCUT2D eigenvalue weighted by Crippen LogP contribution is -2.44. The van der Waals surface area contributed by atoms with Crippen LogP contribution in [-0.4, -0.2) is 49.0 Å². The van der Waals surface area contributed by atoms with Crippen LogP contribution in [-0.2, 0) is 17.9 Å². The van der Waals surface area contributed by atoms with Gasteiger partial charge >= 0.3 is 0 Å². The number of aliphatic imine (C=N–C) groups is 1. The fraction of sp³-hybridized carbons (Fsp3) is 0.478. The number of aromatic nitrogens is 1. The van der Waals surface area contributed by atoms with Gasteiger partial charge in [-0.25, -0.2) is 9.98 Å². The van der Waals surface area contributed by atoms with Gasteiger partial charge in [0.1, 0.15) is 6.61 Å². The van der Waals surface area contributed by atoms with E-state index in [1.165, 1.54) is 0 Å². The van der Waals surface area contributed by atoms with Crippen molar-refractivity contribution in [2.45, 2.75) is 32.9 Å². The smallest absolute Gasteiger partial charge is 0.218 e. The van der Waals surface area contributed by atoms with Crippen molar-refractivity contribution in [2.24, 2.45) is 10.4 Å². The largest absolute Gasteiger partial charge is 0.473 e. The van der Waals surface area contributed by atoms with Gasteiger partial charge in [-0.1, -0.05) is 36.4 Å². The van der Waals surface area contributed by atoms with Gasteiger partial charge in [0, 0.05) is 43.5 Å². The molecule has 1 atom stereocenters. The second-order valence-corrected chi connectivity index (χ2v) is 7.57. The van der Waals surface area contributed by atoms with E-state index in [2.05, 4.69) is 15.6 Å². The van der Waals surface area contributed by atoms with Gasteiger partial charge in [-0.2, -0.15) is 0 Å². The Hall–Kier alpha value is -2.64. The summed E-state index contributed by atoms with van der Waals surface area (Å²) in [5.41, 5.74) is 1.99. The van der Waals surface area contributed by atoms with Crippen LogP contribution in [0.3, 0.4) is 0 Å². The zero-order chi connectivity index (χ0) is 21.1. The minimum atomic E-state index is -0.0385. The zero-order valence-corrected chi connectivity index (χ0v) is 17.6. The van der Waals surface area contributed by atoms with Crippen LogP contribution in [0, 0.1) is 5.41 Å². The summed E-state index contributed by atoms with van der Waals surface area (Å²) in [6, 6.07) is 13.9. The molecule has 0 spiro atoms. The molecule has 0 aliphatic carbocycles. The SMILES string of the molecule is CCNC(=NCc1cccnc1OCc1ccccc1)NCC1(CCO)CCOC1. The fourth-order valence-electron chi connectivity index (χ4n) is 3.49. The van der Waals surface area contributed by atoms with Crippen LogP contribution < -0.4 is 15.4 Å². The van der Waals surface area contributed by atoms with Crippen LogP contribution in [0.25, 0.3) is 0 Å². The molecule has 7 nitrogen and oxygen atoms in total. The molecule has 2 aromatic rings. The van der Waals surface area contributed by atoms with Gasteiger partial charge in [-0.3, -0.25) is 0 Å². The van der Waals surface area contributed by atoms with Crippen molar-refractivity contribution in [3.05, 3.63) is 59.8 Å². The second kappa shape index (κ2) is 11.5. The van der Waals surface area contributed by atoms with E-state index in [0.29, 0.717) is 32.2 Å². The van der Waals surface area contributed by atoms with E-state index in [1.54, 1.807) is 6.20 Å². The third kappa shape index (κ3) is 6.43. The van der Waals surface area contributed by atoms with E-state index < -0.39 is 0 Å². The van der Waals surface area contributed by atoms with Crippen molar-refractivity contribution < 1.29 is 14.6 Å². The molecule has 0 saturated carbocycles. The summed E-state index contributed by atoms with van der Waals surface area (Å²) in [4.78, 5) is 9.11. The highest BCUT2D eigenvalue weighted by Crippen LogP contribution is 2.31. The molecule has 1 aromatic carbocycles. The first kappa shape index (κ1) is 22.1. The van der Waals surface area contributed by atoms with Crippen molar-refractivity contribution in [1.29, 1.82) is 0 Å². The lowest BCUT2D eigenvalue weighted by atomic mass is 9.84. The second-order valence-electron chi connectivity index (χ2n) is 7.57. The number of nitrogens with one attached hydrogen (secondary N) is 2. The van der Waals surface area contributed by atoms with Gasteiger partial charge < -0.3 is 25.2 Å². The molecule has 7 heteroatoms. The Morgan fingerprint density at radius 3 is 2.83 bits per heavy atom. The van der Waals surface area contributed by atoms with Gasteiger partial charge in [0.15, 0.2) is 5.96 Å². The first-order valence-corrected chi connectivity index (χ1v) is 10.6. The molecule has 3 N–H and O–H groups in total. The summed E-state index contributed by atoms with van der Waals surface area (Å²) >= 11 is 0. The maximum absolute atomic E-state index is 9.43. The van der Waals surface area contributed by atoms with Gasteiger partial charge in [-0.15, -0.1) is 0 Å². The molecule has 162 valence electrons. The number of ether oxygens (including phenoxy) is 2. The molecule has 1 aliphatic rings. The highest BCUT2D eigenvalue weighted by atomic mass is 16.5. The number of pyridine rings is 1. The maximum Gasteiger partial charge on any atom is 0.218 e. The highest BCUT2D eigenvalue weighted by Gasteiger charge is 2.34. The van der Waals surface area contributed by atoms with Crippen molar-refractivity contribution in [3.8, 4) is 5.88 Å². The molecule has 1 aliphatic heterocycles. The third-order valence-electron chi connectivity index (χ3n) is 5.28. The molecule has 1 unspecified atom stereocenters. The lowest BCUT2D eigenvalue weighted by molar-refractivity contribution is 0.127. The van der Waals surface area contributed by atoms with E-state index in [0.717, 1.165) is 43.1 Å². The van der Waals surface area contributed by atoms with E-state index >= 15 is 0 Å². The third-order valence-corrected chi connectivity index (χ3v) is 5.28.